The summed E-state index contributed by atoms with van der Waals surface area (Å²) in [6, 6.07) is 7.96. The largest absolute Gasteiger partial charge is 1.00 e. The second-order valence-electron chi connectivity index (χ2n) is 6.20. The normalized spacial score (nSPS) is 11.4. The number of oxime groups is 1. The molecule has 2 aromatic heterocycles. The Labute approximate surface area is 143 Å². The summed E-state index contributed by atoms with van der Waals surface area (Å²) in [5, 5.41) is 11.5. The van der Waals surface area contributed by atoms with Crippen molar-refractivity contribution in [1.82, 2.24) is 0 Å². The fourth-order valence-corrected chi connectivity index (χ4v) is 2.00. The van der Waals surface area contributed by atoms with Crippen LogP contribution in [0.3, 0.4) is 0 Å². The monoisotopic (exact) mass is 336 g/mol. The van der Waals surface area contributed by atoms with Crippen LogP contribution in [0.15, 0.2) is 54.2 Å². The van der Waals surface area contributed by atoms with Gasteiger partial charge in [0.25, 0.3) is 13.5 Å². The molecule has 0 aliphatic rings. The van der Waals surface area contributed by atoms with Gasteiger partial charge in [-0.25, -0.2) is 0 Å². The Bertz CT molecular complexity index is 620. The van der Waals surface area contributed by atoms with Crippen molar-refractivity contribution in [3.8, 4) is 0 Å². The van der Waals surface area contributed by atoms with E-state index in [0.29, 0.717) is 13.5 Å². The Morgan fingerprint density at radius 3 is 1.91 bits per heavy atom. The number of hydrogen-bond donors (Lipinski definition) is 1. The number of aromatic nitrogens is 2. The fraction of sp³-hybridized carbons (Fsp3) is 0.353. The van der Waals surface area contributed by atoms with Gasteiger partial charge in [0.05, 0.1) is 6.21 Å². The maximum atomic E-state index is 8.46. The number of hydrogen-bond acceptors (Lipinski definition) is 3. The van der Waals surface area contributed by atoms with Crippen molar-refractivity contribution >= 4 is 6.21 Å². The third kappa shape index (κ3) is 5.96. The topological polar surface area (TPSA) is 49.6 Å². The second kappa shape index (κ2) is 8.60. The highest BCUT2D eigenvalue weighted by atomic mass is 35.5. The van der Waals surface area contributed by atoms with Crippen LogP contribution < -0.4 is 21.5 Å². The Hall–Kier alpha value is -1.98. The summed E-state index contributed by atoms with van der Waals surface area (Å²) >= 11 is 0. The summed E-state index contributed by atoms with van der Waals surface area (Å²) in [6.45, 7) is 7.56. The first-order chi connectivity index (χ1) is 10.5. The predicted octanol–water partition coefficient (Wildman–Crippen LogP) is -0.997. The number of ether oxygens (including phenoxy) is 1. The minimum Gasteiger partial charge on any atom is -1.00 e. The molecule has 1 N–H and O–H groups in total. The molecule has 124 valence electrons. The molecule has 2 heterocycles. The van der Waals surface area contributed by atoms with Crippen molar-refractivity contribution in [2.24, 2.45) is 5.16 Å². The molecule has 5 nitrogen and oxygen atoms in total. The van der Waals surface area contributed by atoms with Gasteiger partial charge in [0.15, 0.2) is 24.8 Å². The highest BCUT2D eigenvalue weighted by Crippen LogP contribution is 2.20. The lowest BCUT2D eigenvalue weighted by molar-refractivity contribution is -0.788. The smallest absolute Gasteiger partial charge is 0.257 e. The Morgan fingerprint density at radius 1 is 1.00 bits per heavy atom. The summed E-state index contributed by atoms with van der Waals surface area (Å²) in [4.78, 5) is 0. The van der Waals surface area contributed by atoms with E-state index in [2.05, 4.69) is 38.1 Å². The first-order valence-corrected chi connectivity index (χ1v) is 7.23. The molecular formula is C17H23ClN3O2+. The molecule has 0 fully saturated rings. The summed E-state index contributed by atoms with van der Waals surface area (Å²) in [5.41, 5.74) is 2.31. The van der Waals surface area contributed by atoms with E-state index in [0.717, 1.165) is 5.56 Å². The lowest BCUT2D eigenvalue weighted by atomic mass is 9.88. The Balaban J connectivity index is 0.00000264. The first kappa shape index (κ1) is 19.1. The molecule has 23 heavy (non-hydrogen) atoms. The molecule has 2 aromatic rings. The van der Waals surface area contributed by atoms with Crippen LogP contribution >= 0.6 is 0 Å². The Kier molecular flexibility index (Phi) is 7.13. The SMILES string of the molecule is CC(C)(C)c1cc[n+](COC[n+]2ccc(/C=N/O)cc2)cc1.[Cl-]. The number of nitrogens with zero attached hydrogens (tertiary/aromatic N) is 3. The van der Waals surface area contributed by atoms with Crippen molar-refractivity contribution in [3.63, 3.8) is 0 Å². The van der Waals surface area contributed by atoms with Gasteiger partial charge >= 0.3 is 0 Å². The van der Waals surface area contributed by atoms with Crippen LogP contribution in [0.1, 0.15) is 31.9 Å². The molecule has 0 radical (unpaired) electrons. The van der Waals surface area contributed by atoms with Crippen LogP contribution in [-0.2, 0) is 23.6 Å². The standard InChI is InChI=1S/C17H22N3O2.ClH/c1-17(2,3)16-6-10-20(11-7-16)14-22-13-19-8-4-15(5-9-19)12-18-21;/h4-12H,13-14H2,1-3H3;1H/q+1;. The van der Waals surface area contributed by atoms with Crippen molar-refractivity contribution in [2.45, 2.75) is 39.6 Å². The molecule has 0 aromatic carbocycles. The van der Waals surface area contributed by atoms with E-state index in [9.17, 15) is 0 Å². The summed E-state index contributed by atoms with van der Waals surface area (Å²) in [6.07, 6.45) is 9.21. The van der Waals surface area contributed by atoms with E-state index in [1.54, 1.807) is 0 Å². The van der Waals surface area contributed by atoms with Crippen LogP contribution in [0.4, 0.5) is 0 Å². The average molecular weight is 337 g/mol. The highest BCUT2D eigenvalue weighted by Gasteiger charge is 2.14. The van der Waals surface area contributed by atoms with Gasteiger partial charge < -0.3 is 17.6 Å². The number of pyridine rings is 2. The highest BCUT2D eigenvalue weighted by molar-refractivity contribution is 5.78. The van der Waals surface area contributed by atoms with Crippen molar-refractivity contribution < 1.29 is 31.5 Å². The molecule has 0 spiro atoms. The maximum Gasteiger partial charge on any atom is 0.257 e. The molecule has 0 saturated carbocycles. The minimum atomic E-state index is 0. The van der Waals surface area contributed by atoms with Crippen LogP contribution in [0.5, 0.6) is 0 Å². The minimum absolute atomic E-state index is 0. The van der Waals surface area contributed by atoms with Gasteiger partial charge in [-0.15, -0.1) is 0 Å². The maximum absolute atomic E-state index is 8.46. The fourth-order valence-electron chi connectivity index (χ4n) is 2.00. The van der Waals surface area contributed by atoms with Gasteiger partial charge in [0.2, 0.25) is 0 Å². The van der Waals surface area contributed by atoms with Gasteiger partial charge in [-0.05, 0) is 11.0 Å². The Morgan fingerprint density at radius 2 is 1.48 bits per heavy atom. The van der Waals surface area contributed by atoms with Crippen molar-refractivity contribution in [3.05, 3.63) is 60.2 Å². The summed E-state index contributed by atoms with van der Waals surface area (Å²) in [7, 11) is 0. The van der Waals surface area contributed by atoms with E-state index >= 15 is 0 Å². The van der Waals surface area contributed by atoms with Crippen molar-refractivity contribution in [1.29, 1.82) is 0 Å². The number of halogens is 1. The lowest BCUT2D eigenvalue weighted by Gasteiger charge is -2.17. The zero-order valence-corrected chi connectivity index (χ0v) is 14.4. The molecular weight excluding hydrogens is 314 g/mol. The molecule has 0 atom stereocenters. The lowest BCUT2D eigenvalue weighted by Crippen LogP contribution is -3.00. The quantitative estimate of drug-likeness (QED) is 0.330. The van der Waals surface area contributed by atoms with E-state index in [4.69, 9.17) is 9.94 Å². The molecule has 6 heteroatoms. The van der Waals surface area contributed by atoms with E-state index in [1.165, 1.54) is 11.8 Å². The molecule has 0 unspecified atom stereocenters. The summed E-state index contributed by atoms with van der Waals surface area (Å²) < 4.78 is 9.59. The average Bonchev–Trinajstić information content (AvgIpc) is 2.49. The molecule has 0 aliphatic carbocycles. The van der Waals surface area contributed by atoms with E-state index in [1.807, 2.05) is 46.1 Å². The zero-order valence-electron chi connectivity index (χ0n) is 13.7. The third-order valence-corrected chi connectivity index (χ3v) is 3.36. The van der Waals surface area contributed by atoms with Crippen LogP contribution in [0, 0.1) is 0 Å². The second-order valence-corrected chi connectivity index (χ2v) is 6.20. The van der Waals surface area contributed by atoms with Gasteiger partial charge in [0.1, 0.15) is 0 Å². The van der Waals surface area contributed by atoms with Crippen LogP contribution in [-0.4, -0.2) is 11.4 Å². The zero-order chi connectivity index (χ0) is 16.0. The van der Waals surface area contributed by atoms with E-state index < -0.39 is 0 Å². The molecule has 0 bridgehead atoms. The van der Waals surface area contributed by atoms with Crippen LogP contribution in [0.2, 0.25) is 0 Å². The van der Waals surface area contributed by atoms with Crippen molar-refractivity contribution in [2.75, 3.05) is 0 Å². The van der Waals surface area contributed by atoms with Gasteiger partial charge in [0, 0.05) is 29.8 Å². The van der Waals surface area contributed by atoms with E-state index in [-0.39, 0.29) is 17.8 Å². The molecule has 2 rings (SSSR count). The van der Waals surface area contributed by atoms with Gasteiger partial charge in [-0.1, -0.05) is 25.9 Å². The first-order valence-electron chi connectivity index (χ1n) is 7.23. The summed E-state index contributed by atoms with van der Waals surface area (Å²) in [5.74, 6) is 0. The third-order valence-electron chi connectivity index (χ3n) is 3.36. The van der Waals surface area contributed by atoms with Gasteiger partial charge in [-0.2, -0.15) is 9.13 Å². The van der Waals surface area contributed by atoms with Gasteiger partial charge in [-0.3, -0.25) is 4.74 Å². The predicted molar refractivity (Wildman–Crippen MR) is 82.4 cm³/mol. The van der Waals surface area contributed by atoms with Crippen LogP contribution in [0.25, 0.3) is 0 Å². The molecule has 0 saturated heterocycles. The molecule has 0 amide bonds. The molecule has 0 aliphatic heterocycles. The number of rotatable bonds is 5.